The van der Waals surface area contributed by atoms with Gasteiger partial charge >= 0.3 is 0 Å². The van der Waals surface area contributed by atoms with Gasteiger partial charge < -0.3 is 4.98 Å². The van der Waals surface area contributed by atoms with Crippen LogP contribution < -0.4 is 5.56 Å². The molecule has 0 saturated carbocycles. The number of pyridine rings is 1. The molecule has 6 heteroatoms. The average Bonchev–Trinajstić information content (AvgIpc) is 2.42. The summed E-state index contributed by atoms with van der Waals surface area (Å²) >= 11 is 3.51. The SMILES string of the molecule is Cc1nc2c(c(=O)[nH]1)CN(Cc1ccncc1Br)CC2. The first-order valence-corrected chi connectivity index (χ1v) is 7.32. The predicted molar refractivity (Wildman–Crippen MR) is 79.3 cm³/mol. The highest BCUT2D eigenvalue weighted by atomic mass is 79.9. The minimum absolute atomic E-state index is 0.00834. The highest BCUT2D eigenvalue weighted by molar-refractivity contribution is 9.10. The van der Waals surface area contributed by atoms with E-state index in [1.165, 1.54) is 5.56 Å². The van der Waals surface area contributed by atoms with Crippen molar-refractivity contribution in [1.82, 2.24) is 19.9 Å². The van der Waals surface area contributed by atoms with Crippen molar-refractivity contribution in [3.63, 3.8) is 0 Å². The molecular weight excluding hydrogens is 320 g/mol. The zero-order chi connectivity index (χ0) is 14.1. The summed E-state index contributed by atoms with van der Waals surface area (Å²) in [6, 6.07) is 2.00. The van der Waals surface area contributed by atoms with Gasteiger partial charge in [-0.3, -0.25) is 14.7 Å². The van der Waals surface area contributed by atoms with Crippen molar-refractivity contribution >= 4 is 15.9 Å². The van der Waals surface area contributed by atoms with E-state index in [-0.39, 0.29) is 5.56 Å². The number of aryl methyl sites for hydroxylation is 1. The summed E-state index contributed by atoms with van der Waals surface area (Å²) < 4.78 is 1.00. The summed E-state index contributed by atoms with van der Waals surface area (Å²) in [4.78, 5) is 25.5. The quantitative estimate of drug-likeness (QED) is 0.909. The number of hydrogen-bond acceptors (Lipinski definition) is 4. The maximum Gasteiger partial charge on any atom is 0.255 e. The molecule has 0 unspecified atom stereocenters. The van der Waals surface area contributed by atoms with Crippen LogP contribution in [0.5, 0.6) is 0 Å². The van der Waals surface area contributed by atoms with Crippen molar-refractivity contribution < 1.29 is 0 Å². The molecule has 2 aromatic rings. The van der Waals surface area contributed by atoms with Crippen LogP contribution in [0.4, 0.5) is 0 Å². The molecule has 3 rings (SSSR count). The summed E-state index contributed by atoms with van der Waals surface area (Å²) in [7, 11) is 0. The number of rotatable bonds is 2. The Morgan fingerprint density at radius 3 is 3.15 bits per heavy atom. The molecule has 0 bridgehead atoms. The molecule has 0 fully saturated rings. The van der Waals surface area contributed by atoms with Crippen molar-refractivity contribution in [1.29, 1.82) is 0 Å². The summed E-state index contributed by atoms with van der Waals surface area (Å²) in [5, 5.41) is 0. The van der Waals surface area contributed by atoms with Crippen LogP contribution in [-0.2, 0) is 19.5 Å². The molecule has 0 aromatic carbocycles. The third kappa shape index (κ3) is 2.66. The lowest BCUT2D eigenvalue weighted by Crippen LogP contribution is -2.35. The van der Waals surface area contributed by atoms with Crippen molar-refractivity contribution in [3.8, 4) is 0 Å². The number of aromatic nitrogens is 3. The van der Waals surface area contributed by atoms with Crippen LogP contribution in [-0.4, -0.2) is 26.4 Å². The van der Waals surface area contributed by atoms with E-state index in [0.29, 0.717) is 12.4 Å². The van der Waals surface area contributed by atoms with Gasteiger partial charge in [-0.1, -0.05) is 0 Å². The molecular formula is C14H15BrN4O. The highest BCUT2D eigenvalue weighted by Gasteiger charge is 2.21. The molecule has 1 aliphatic heterocycles. The van der Waals surface area contributed by atoms with Gasteiger partial charge in [0.1, 0.15) is 5.82 Å². The van der Waals surface area contributed by atoms with E-state index in [4.69, 9.17) is 0 Å². The first-order valence-electron chi connectivity index (χ1n) is 6.53. The van der Waals surface area contributed by atoms with E-state index < -0.39 is 0 Å². The molecule has 1 N–H and O–H groups in total. The second-order valence-corrected chi connectivity index (χ2v) is 5.86. The van der Waals surface area contributed by atoms with E-state index in [9.17, 15) is 4.79 Å². The normalized spacial score (nSPS) is 15.1. The number of fused-ring (bicyclic) bond motifs is 1. The molecule has 20 heavy (non-hydrogen) atoms. The molecule has 5 nitrogen and oxygen atoms in total. The second-order valence-electron chi connectivity index (χ2n) is 5.00. The smallest absolute Gasteiger partial charge is 0.255 e. The van der Waals surface area contributed by atoms with Gasteiger partial charge in [0.05, 0.1) is 11.3 Å². The number of H-pyrrole nitrogens is 1. The van der Waals surface area contributed by atoms with Crippen LogP contribution in [0.25, 0.3) is 0 Å². The van der Waals surface area contributed by atoms with Crippen LogP contribution in [0.3, 0.4) is 0 Å². The standard InChI is InChI=1S/C14H15BrN4O/c1-9-17-13-3-5-19(8-11(13)14(20)18-9)7-10-2-4-16-6-12(10)15/h2,4,6H,3,5,7-8H2,1H3,(H,17,18,20). The Hall–Kier alpha value is -1.53. The Morgan fingerprint density at radius 2 is 2.35 bits per heavy atom. The first kappa shape index (κ1) is 13.5. The summed E-state index contributed by atoms with van der Waals surface area (Å²) in [6.45, 7) is 4.18. The summed E-state index contributed by atoms with van der Waals surface area (Å²) in [5.74, 6) is 0.694. The van der Waals surface area contributed by atoms with E-state index in [1.54, 1.807) is 12.4 Å². The molecule has 0 spiro atoms. The Labute approximate surface area is 125 Å². The third-order valence-electron chi connectivity index (χ3n) is 3.52. The van der Waals surface area contributed by atoms with Gasteiger partial charge in [-0.15, -0.1) is 0 Å². The zero-order valence-corrected chi connectivity index (χ0v) is 12.8. The molecule has 0 atom stereocenters. The fourth-order valence-corrected chi connectivity index (χ4v) is 2.89. The average molecular weight is 335 g/mol. The van der Waals surface area contributed by atoms with Gasteiger partial charge in [0.25, 0.3) is 5.56 Å². The van der Waals surface area contributed by atoms with Gasteiger partial charge in [0.2, 0.25) is 0 Å². The number of hydrogen-bond donors (Lipinski definition) is 1. The molecule has 0 aliphatic carbocycles. The number of nitrogens with one attached hydrogen (secondary N) is 1. The number of nitrogens with zero attached hydrogens (tertiary/aromatic N) is 3. The molecule has 3 heterocycles. The fourth-order valence-electron chi connectivity index (χ4n) is 2.51. The summed E-state index contributed by atoms with van der Waals surface area (Å²) in [5.41, 5.74) is 2.91. The zero-order valence-electron chi connectivity index (χ0n) is 11.2. The van der Waals surface area contributed by atoms with E-state index in [2.05, 4.69) is 35.8 Å². The lowest BCUT2D eigenvalue weighted by molar-refractivity contribution is 0.241. The summed E-state index contributed by atoms with van der Waals surface area (Å²) in [6.07, 6.45) is 4.41. The van der Waals surface area contributed by atoms with E-state index >= 15 is 0 Å². The molecule has 2 aromatic heterocycles. The number of halogens is 1. The van der Waals surface area contributed by atoms with Crippen LogP contribution in [0.2, 0.25) is 0 Å². The highest BCUT2D eigenvalue weighted by Crippen LogP contribution is 2.20. The van der Waals surface area contributed by atoms with Crippen LogP contribution in [0.15, 0.2) is 27.7 Å². The van der Waals surface area contributed by atoms with Gasteiger partial charge in [-0.25, -0.2) is 4.98 Å². The maximum atomic E-state index is 12.0. The largest absolute Gasteiger partial charge is 0.310 e. The van der Waals surface area contributed by atoms with Gasteiger partial charge in [-0.05, 0) is 34.5 Å². The Bertz CT molecular complexity index is 698. The lowest BCUT2D eigenvalue weighted by atomic mass is 10.1. The predicted octanol–water partition coefficient (Wildman–Crippen LogP) is 1.79. The van der Waals surface area contributed by atoms with Gasteiger partial charge in [-0.2, -0.15) is 0 Å². The van der Waals surface area contributed by atoms with Crippen molar-refractivity contribution in [2.45, 2.75) is 26.4 Å². The Kier molecular flexibility index (Phi) is 3.67. The third-order valence-corrected chi connectivity index (χ3v) is 4.23. The van der Waals surface area contributed by atoms with Gasteiger partial charge in [0.15, 0.2) is 0 Å². The van der Waals surface area contributed by atoms with E-state index in [0.717, 1.165) is 35.2 Å². The second kappa shape index (κ2) is 5.46. The monoisotopic (exact) mass is 334 g/mol. The van der Waals surface area contributed by atoms with Crippen LogP contribution in [0.1, 0.15) is 22.6 Å². The fraction of sp³-hybridized carbons (Fsp3) is 0.357. The molecule has 1 aliphatic rings. The Morgan fingerprint density at radius 1 is 1.50 bits per heavy atom. The van der Waals surface area contributed by atoms with Crippen molar-refractivity contribution in [2.75, 3.05) is 6.54 Å². The lowest BCUT2D eigenvalue weighted by Gasteiger charge is -2.27. The Balaban J connectivity index is 1.83. The van der Waals surface area contributed by atoms with Crippen molar-refractivity contribution in [3.05, 3.63) is 55.9 Å². The van der Waals surface area contributed by atoms with E-state index in [1.807, 2.05) is 13.0 Å². The van der Waals surface area contributed by atoms with Gasteiger partial charge in [0, 0.05) is 42.9 Å². The van der Waals surface area contributed by atoms with Crippen LogP contribution in [0, 0.1) is 6.92 Å². The minimum Gasteiger partial charge on any atom is -0.310 e. The van der Waals surface area contributed by atoms with Crippen LogP contribution >= 0.6 is 15.9 Å². The maximum absolute atomic E-state index is 12.0. The minimum atomic E-state index is -0.00834. The molecule has 0 amide bonds. The van der Waals surface area contributed by atoms with Crippen molar-refractivity contribution in [2.24, 2.45) is 0 Å². The molecule has 104 valence electrons. The topological polar surface area (TPSA) is 61.9 Å². The molecule has 0 radical (unpaired) electrons. The first-order chi connectivity index (χ1) is 9.63. The molecule has 0 saturated heterocycles. The number of aromatic amines is 1.